The van der Waals surface area contributed by atoms with E-state index in [1.807, 2.05) is 0 Å². The third kappa shape index (κ3) is 1.96. The topological polar surface area (TPSA) is 40.5 Å². The highest BCUT2D eigenvalue weighted by Crippen LogP contribution is 2.54. The SMILES string of the molecule is C=C1CC[C@H](O)[C@@]2(C)CC[C@@H](C(C)C)[C@H](O)[C@H]12. The average molecular weight is 238 g/mol. The van der Waals surface area contributed by atoms with Gasteiger partial charge in [0.2, 0.25) is 0 Å². The monoisotopic (exact) mass is 238 g/mol. The summed E-state index contributed by atoms with van der Waals surface area (Å²) in [4.78, 5) is 0. The van der Waals surface area contributed by atoms with Crippen molar-refractivity contribution in [2.75, 3.05) is 0 Å². The van der Waals surface area contributed by atoms with Crippen molar-refractivity contribution in [1.82, 2.24) is 0 Å². The Morgan fingerprint density at radius 1 is 1.29 bits per heavy atom. The zero-order valence-electron chi connectivity index (χ0n) is 11.3. The van der Waals surface area contributed by atoms with Crippen LogP contribution in [0.1, 0.15) is 46.5 Å². The van der Waals surface area contributed by atoms with E-state index in [1.54, 1.807) is 0 Å². The van der Waals surface area contributed by atoms with Crippen molar-refractivity contribution in [3.8, 4) is 0 Å². The Morgan fingerprint density at radius 2 is 1.94 bits per heavy atom. The third-order valence-electron chi connectivity index (χ3n) is 5.30. The Kier molecular flexibility index (Phi) is 3.39. The number of fused-ring (bicyclic) bond motifs is 1. The molecule has 0 spiro atoms. The lowest BCUT2D eigenvalue weighted by molar-refractivity contribution is -0.120. The molecule has 0 aromatic rings. The normalized spacial score (nSPS) is 47.1. The highest BCUT2D eigenvalue weighted by atomic mass is 16.3. The summed E-state index contributed by atoms with van der Waals surface area (Å²) in [5.74, 6) is 0.948. The molecule has 2 N–H and O–H groups in total. The lowest BCUT2D eigenvalue weighted by atomic mass is 9.53. The highest BCUT2D eigenvalue weighted by molar-refractivity contribution is 5.17. The van der Waals surface area contributed by atoms with Gasteiger partial charge < -0.3 is 10.2 Å². The van der Waals surface area contributed by atoms with Crippen molar-refractivity contribution in [2.24, 2.45) is 23.2 Å². The van der Waals surface area contributed by atoms with E-state index in [-0.39, 0.29) is 23.5 Å². The molecule has 2 aliphatic carbocycles. The smallest absolute Gasteiger partial charge is 0.0642 e. The largest absolute Gasteiger partial charge is 0.393 e. The standard InChI is InChI=1S/C15H26O2/c1-9(2)11-7-8-15(4)12(16)6-5-10(3)13(15)14(11)17/h9,11-14,16-17H,3,5-8H2,1-2,4H3/t11-,12-,13-,14-,15+/m0/s1. The second-order valence-corrected chi connectivity index (χ2v) is 6.63. The van der Waals surface area contributed by atoms with Gasteiger partial charge in [-0.3, -0.25) is 0 Å². The Bertz CT molecular complexity index is 310. The molecule has 2 aliphatic rings. The van der Waals surface area contributed by atoms with Crippen molar-refractivity contribution >= 4 is 0 Å². The van der Waals surface area contributed by atoms with Crippen LogP contribution in [0.5, 0.6) is 0 Å². The first-order valence-electron chi connectivity index (χ1n) is 6.91. The Hall–Kier alpha value is -0.340. The quantitative estimate of drug-likeness (QED) is 0.690. The molecule has 0 aromatic carbocycles. The zero-order valence-corrected chi connectivity index (χ0v) is 11.3. The highest BCUT2D eigenvalue weighted by Gasteiger charge is 2.52. The Morgan fingerprint density at radius 3 is 2.53 bits per heavy atom. The van der Waals surface area contributed by atoms with Crippen LogP contribution in [-0.2, 0) is 0 Å². The van der Waals surface area contributed by atoms with Gasteiger partial charge in [0.1, 0.15) is 0 Å². The maximum absolute atomic E-state index is 10.6. The van der Waals surface area contributed by atoms with Crippen LogP contribution >= 0.6 is 0 Å². The Labute approximate surface area is 105 Å². The second-order valence-electron chi connectivity index (χ2n) is 6.63. The number of hydrogen-bond acceptors (Lipinski definition) is 2. The summed E-state index contributed by atoms with van der Waals surface area (Å²) in [6.07, 6.45) is 3.11. The van der Waals surface area contributed by atoms with Crippen LogP contribution in [0.2, 0.25) is 0 Å². The van der Waals surface area contributed by atoms with Crippen molar-refractivity contribution in [3.05, 3.63) is 12.2 Å². The van der Waals surface area contributed by atoms with E-state index >= 15 is 0 Å². The number of hydrogen-bond donors (Lipinski definition) is 2. The molecule has 2 nitrogen and oxygen atoms in total. The fourth-order valence-corrected chi connectivity index (χ4v) is 4.06. The minimum atomic E-state index is -0.323. The molecule has 2 saturated carbocycles. The second kappa shape index (κ2) is 4.40. The summed E-state index contributed by atoms with van der Waals surface area (Å²) in [5, 5.41) is 20.9. The van der Waals surface area contributed by atoms with E-state index in [0.29, 0.717) is 11.8 Å². The summed E-state index contributed by atoms with van der Waals surface area (Å²) in [6.45, 7) is 10.6. The summed E-state index contributed by atoms with van der Waals surface area (Å²) in [6, 6.07) is 0. The van der Waals surface area contributed by atoms with Crippen LogP contribution in [0.4, 0.5) is 0 Å². The first-order valence-corrected chi connectivity index (χ1v) is 6.91. The summed E-state index contributed by atoms with van der Waals surface area (Å²) in [5.41, 5.74) is 0.996. The van der Waals surface area contributed by atoms with E-state index in [4.69, 9.17) is 0 Å². The van der Waals surface area contributed by atoms with Crippen LogP contribution in [0.15, 0.2) is 12.2 Å². The summed E-state index contributed by atoms with van der Waals surface area (Å²) in [7, 11) is 0. The number of aliphatic hydroxyl groups excluding tert-OH is 2. The first-order chi connectivity index (χ1) is 7.88. The molecule has 2 fully saturated rings. The predicted octanol–water partition coefficient (Wildman–Crippen LogP) is 2.75. The average Bonchev–Trinajstić information content (AvgIpc) is 2.23. The van der Waals surface area contributed by atoms with Crippen molar-refractivity contribution in [2.45, 2.75) is 58.7 Å². The minimum Gasteiger partial charge on any atom is -0.393 e. The summed E-state index contributed by atoms with van der Waals surface area (Å²) < 4.78 is 0. The van der Waals surface area contributed by atoms with E-state index in [0.717, 1.165) is 31.3 Å². The number of rotatable bonds is 1. The van der Waals surface area contributed by atoms with Gasteiger partial charge in [0.25, 0.3) is 0 Å². The van der Waals surface area contributed by atoms with Crippen LogP contribution in [0, 0.1) is 23.2 Å². The van der Waals surface area contributed by atoms with Gasteiger partial charge in [-0.1, -0.05) is 32.9 Å². The third-order valence-corrected chi connectivity index (χ3v) is 5.30. The van der Waals surface area contributed by atoms with Gasteiger partial charge >= 0.3 is 0 Å². The minimum absolute atomic E-state index is 0.0902. The molecule has 0 aliphatic heterocycles. The molecule has 5 atom stereocenters. The maximum atomic E-state index is 10.6. The van der Waals surface area contributed by atoms with Gasteiger partial charge in [-0.05, 0) is 37.5 Å². The van der Waals surface area contributed by atoms with Crippen LogP contribution in [-0.4, -0.2) is 22.4 Å². The molecule has 17 heavy (non-hydrogen) atoms. The van der Waals surface area contributed by atoms with Gasteiger partial charge in [-0.25, -0.2) is 0 Å². The number of aliphatic hydroxyl groups is 2. The fraction of sp³-hybridized carbons (Fsp3) is 0.867. The van der Waals surface area contributed by atoms with Crippen LogP contribution in [0.25, 0.3) is 0 Å². The van der Waals surface area contributed by atoms with E-state index < -0.39 is 0 Å². The predicted molar refractivity (Wildman–Crippen MR) is 69.5 cm³/mol. The van der Waals surface area contributed by atoms with E-state index in [1.165, 1.54) is 0 Å². The van der Waals surface area contributed by atoms with Gasteiger partial charge in [-0.2, -0.15) is 0 Å². The molecule has 0 bridgehead atoms. The van der Waals surface area contributed by atoms with Gasteiger partial charge in [-0.15, -0.1) is 0 Å². The molecule has 0 unspecified atom stereocenters. The van der Waals surface area contributed by atoms with Crippen molar-refractivity contribution < 1.29 is 10.2 Å². The van der Waals surface area contributed by atoms with Crippen molar-refractivity contribution in [3.63, 3.8) is 0 Å². The molecule has 0 saturated heterocycles. The molecule has 0 aromatic heterocycles. The molecule has 2 heteroatoms. The molecule has 2 rings (SSSR count). The van der Waals surface area contributed by atoms with Crippen molar-refractivity contribution in [1.29, 1.82) is 0 Å². The summed E-state index contributed by atoms with van der Waals surface area (Å²) >= 11 is 0. The van der Waals surface area contributed by atoms with Gasteiger partial charge in [0.05, 0.1) is 12.2 Å². The molecular weight excluding hydrogens is 212 g/mol. The maximum Gasteiger partial charge on any atom is 0.0642 e. The zero-order chi connectivity index (χ0) is 12.8. The van der Waals surface area contributed by atoms with E-state index in [2.05, 4.69) is 27.4 Å². The van der Waals surface area contributed by atoms with Gasteiger partial charge in [0.15, 0.2) is 0 Å². The lowest BCUT2D eigenvalue weighted by Gasteiger charge is -2.54. The fourth-order valence-electron chi connectivity index (χ4n) is 4.06. The van der Waals surface area contributed by atoms with Crippen LogP contribution in [0.3, 0.4) is 0 Å². The first kappa shape index (κ1) is 13.1. The molecule has 0 radical (unpaired) electrons. The molecule has 98 valence electrons. The molecular formula is C15H26O2. The molecule has 0 amide bonds. The van der Waals surface area contributed by atoms with E-state index in [9.17, 15) is 10.2 Å². The van der Waals surface area contributed by atoms with Gasteiger partial charge in [0, 0.05) is 11.3 Å². The lowest BCUT2D eigenvalue weighted by Crippen LogP contribution is -2.54. The Balaban J connectivity index is 2.29. The molecule has 0 heterocycles. The van der Waals surface area contributed by atoms with Crippen LogP contribution < -0.4 is 0 Å².